The van der Waals surface area contributed by atoms with Crippen molar-refractivity contribution in [2.24, 2.45) is 5.41 Å². The molecule has 0 bridgehead atoms. The van der Waals surface area contributed by atoms with Crippen LogP contribution in [0.25, 0.3) is 0 Å². The molecule has 2 heterocycles. The highest BCUT2D eigenvalue weighted by molar-refractivity contribution is 7.92. The molecule has 9 nitrogen and oxygen atoms in total. The van der Waals surface area contributed by atoms with Crippen LogP contribution in [-0.4, -0.2) is 49.0 Å². The summed E-state index contributed by atoms with van der Waals surface area (Å²) in [4.78, 5) is 14.8. The molecule has 1 aliphatic heterocycles. The van der Waals surface area contributed by atoms with Crippen molar-refractivity contribution in [2.75, 3.05) is 16.2 Å². The zero-order chi connectivity index (χ0) is 31.2. The maximum Gasteiger partial charge on any atom is 0.427 e. The Morgan fingerprint density at radius 1 is 1.15 bits per heavy atom. The van der Waals surface area contributed by atoms with Crippen LogP contribution in [0.4, 0.5) is 42.5 Å². The van der Waals surface area contributed by atoms with Crippen LogP contribution >= 0.6 is 0 Å². The van der Waals surface area contributed by atoms with Crippen molar-refractivity contribution in [3.8, 4) is 5.75 Å². The Bertz CT molecular complexity index is 1440. The van der Waals surface area contributed by atoms with E-state index in [-0.39, 0.29) is 29.3 Å². The summed E-state index contributed by atoms with van der Waals surface area (Å²) < 4.78 is 118. The fourth-order valence-electron chi connectivity index (χ4n) is 3.69. The lowest BCUT2D eigenvalue weighted by Gasteiger charge is -2.38. The van der Waals surface area contributed by atoms with Crippen molar-refractivity contribution in [1.82, 2.24) is 4.98 Å². The van der Waals surface area contributed by atoms with Gasteiger partial charge in [0.25, 0.3) is 10.0 Å². The van der Waals surface area contributed by atoms with Crippen molar-refractivity contribution in [3.05, 3.63) is 54.6 Å². The van der Waals surface area contributed by atoms with E-state index in [0.29, 0.717) is 26.1 Å². The van der Waals surface area contributed by atoms with Gasteiger partial charge in [-0.3, -0.25) is 14.6 Å². The number of allylic oxidation sites excluding steroid dienone is 1. The molecular formula is C25H27F6N3O6S. The van der Waals surface area contributed by atoms with Crippen LogP contribution in [0.1, 0.15) is 39.7 Å². The van der Waals surface area contributed by atoms with Gasteiger partial charge in [-0.1, -0.05) is 20.4 Å². The number of carbonyl (C=O) groups excluding carboxylic acids is 1. The number of aliphatic hydroxyl groups excluding tert-OH is 1. The molecule has 0 radical (unpaired) electrons. The predicted octanol–water partition coefficient (Wildman–Crippen LogP) is 6.43. The second-order valence-corrected chi connectivity index (χ2v) is 12.3. The minimum atomic E-state index is -4.89. The molecular weight excluding hydrogens is 584 g/mol. The molecule has 0 fully saturated rings. The highest BCUT2D eigenvalue weighted by Gasteiger charge is 2.51. The van der Waals surface area contributed by atoms with Gasteiger partial charge in [-0.25, -0.2) is 13.2 Å². The molecule has 226 valence electrons. The number of anilines is 2. The van der Waals surface area contributed by atoms with Crippen LogP contribution in [0, 0.1) is 5.41 Å². The first-order valence-corrected chi connectivity index (χ1v) is 13.3. The number of ether oxygens (including phenoxy) is 2. The number of rotatable bonds is 7. The van der Waals surface area contributed by atoms with Crippen LogP contribution in [0.15, 0.2) is 53.9 Å². The Morgan fingerprint density at radius 2 is 1.78 bits per heavy atom. The van der Waals surface area contributed by atoms with Crippen molar-refractivity contribution in [3.63, 3.8) is 0 Å². The molecule has 1 amide bonds. The summed E-state index contributed by atoms with van der Waals surface area (Å²) in [5.74, 6) is -0.290. The molecule has 3 rings (SSSR count). The van der Waals surface area contributed by atoms with Gasteiger partial charge in [0.15, 0.2) is 0 Å². The van der Waals surface area contributed by atoms with E-state index in [2.05, 4.69) is 21.6 Å². The van der Waals surface area contributed by atoms with Crippen molar-refractivity contribution in [1.29, 1.82) is 0 Å². The molecule has 41 heavy (non-hydrogen) atoms. The molecule has 16 heteroatoms. The van der Waals surface area contributed by atoms with Crippen LogP contribution in [0.5, 0.6) is 5.75 Å². The van der Waals surface area contributed by atoms with E-state index in [1.807, 2.05) is 0 Å². The molecule has 2 N–H and O–H groups in total. The normalized spacial score (nSPS) is 16.4. The monoisotopic (exact) mass is 611 g/mol. The van der Waals surface area contributed by atoms with Crippen molar-refractivity contribution in [2.45, 2.75) is 63.1 Å². The molecule has 0 unspecified atom stereocenters. The second kappa shape index (κ2) is 10.6. The van der Waals surface area contributed by atoms with E-state index in [9.17, 15) is 44.7 Å². The SMILES string of the molecule is C=C(O)C(C)(C)C[C@@H]1CN(S(=O)(=O)c2cncc(C(F)(F)F)c2)c2cc(NC(=O)OC(C)(C)C(F)(F)F)ccc2O1. The number of nitrogens with zero attached hydrogens (tertiary/aromatic N) is 2. The van der Waals surface area contributed by atoms with Gasteiger partial charge in [-0.05, 0) is 44.5 Å². The lowest BCUT2D eigenvalue weighted by molar-refractivity contribution is -0.242. The number of amides is 1. The standard InChI is InChI=1S/C25H27F6N3O6S/c1-14(35)22(2,3)10-17-13-34(41(37,38)18-8-15(11-32-12-18)24(26,27)28)19-9-16(6-7-20(19)39-17)33-21(36)40-23(4,5)25(29,30)31/h6-9,11-12,17,35H,1,10,13H2,2-5H3,(H,33,36)/t17-/m1/s1. The van der Waals surface area contributed by atoms with Gasteiger partial charge in [-0.2, -0.15) is 26.3 Å². The molecule has 1 aromatic carbocycles. The Hall–Kier alpha value is -3.69. The lowest BCUT2D eigenvalue weighted by Crippen LogP contribution is -2.45. The number of alkyl halides is 6. The molecule has 0 spiro atoms. The van der Waals surface area contributed by atoms with Gasteiger partial charge in [0.2, 0.25) is 5.60 Å². The Morgan fingerprint density at radius 3 is 2.34 bits per heavy atom. The van der Waals surface area contributed by atoms with Crippen LogP contribution < -0.4 is 14.4 Å². The fraction of sp³-hybridized carbons (Fsp3) is 0.440. The Kier molecular flexibility index (Phi) is 8.24. The number of hydrogen-bond acceptors (Lipinski definition) is 7. The third kappa shape index (κ3) is 6.97. The summed E-state index contributed by atoms with van der Waals surface area (Å²) in [6.45, 7) is 7.54. The maximum absolute atomic E-state index is 13.7. The van der Waals surface area contributed by atoms with Gasteiger partial charge in [0.05, 0.1) is 23.6 Å². The van der Waals surface area contributed by atoms with E-state index in [0.717, 1.165) is 16.6 Å². The highest BCUT2D eigenvalue weighted by atomic mass is 32.2. The minimum Gasteiger partial charge on any atom is -0.512 e. The molecule has 1 aromatic heterocycles. The first kappa shape index (κ1) is 31.8. The van der Waals surface area contributed by atoms with Crippen LogP contribution in [0.2, 0.25) is 0 Å². The first-order valence-electron chi connectivity index (χ1n) is 11.9. The van der Waals surface area contributed by atoms with Gasteiger partial charge < -0.3 is 14.6 Å². The van der Waals surface area contributed by atoms with Crippen molar-refractivity contribution >= 4 is 27.5 Å². The van der Waals surface area contributed by atoms with Crippen LogP contribution in [0.3, 0.4) is 0 Å². The van der Waals surface area contributed by atoms with E-state index in [1.165, 1.54) is 12.1 Å². The maximum atomic E-state index is 13.7. The third-order valence-electron chi connectivity index (χ3n) is 6.32. The number of halogens is 6. The first-order chi connectivity index (χ1) is 18.5. The van der Waals surface area contributed by atoms with E-state index in [4.69, 9.17) is 4.74 Å². The Labute approximate surface area is 231 Å². The Balaban J connectivity index is 2.05. The summed E-state index contributed by atoms with van der Waals surface area (Å²) in [5.41, 5.74) is -5.54. The quantitative estimate of drug-likeness (QED) is 0.274. The molecule has 2 aromatic rings. The summed E-state index contributed by atoms with van der Waals surface area (Å²) in [6.07, 6.45) is -11.0. The molecule has 1 aliphatic rings. The third-order valence-corrected chi connectivity index (χ3v) is 8.06. The fourth-order valence-corrected chi connectivity index (χ4v) is 5.17. The number of hydrogen-bond donors (Lipinski definition) is 2. The van der Waals surface area contributed by atoms with Crippen LogP contribution in [-0.2, 0) is 20.9 Å². The zero-order valence-electron chi connectivity index (χ0n) is 22.2. The summed E-state index contributed by atoms with van der Waals surface area (Å²) in [5, 5.41) is 12.0. The number of fused-ring (bicyclic) bond motifs is 1. The number of nitrogens with one attached hydrogen (secondary N) is 1. The lowest BCUT2D eigenvalue weighted by atomic mass is 9.84. The smallest absolute Gasteiger partial charge is 0.427 e. The average Bonchev–Trinajstić information content (AvgIpc) is 2.81. The molecule has 0 saturated heterocycles. The zero-order valence-corrected chi connectivity index (χ0v) is 23.0. The number of pyridine rings is 1. The number of benzene rings is 1. The number of aliphatic hydroxyl groups is 1. The number of sulfonamides is 1. The predicted molar refractivity (Wildman–Crippen MR) is 135 cm³/mol. The highest BCUT2D eigenvalue weighted by Crippen LogP contribution is 2.42. The second-order valence-electron chi connectivity index (χ2n) is 10.4. The molecule has 0 aliphatic carbocycles. The van der Waals surface area contributed by atoms with Crippen molar-refractivity contribution < 1.29 is 54.1 Å². The largest absolute Gasteiger partial charge is 0.512 e. The minimum absolute atomic E-state index is 0.0352. The number of carbonyl (C=O) groups is 1. The number of aromatic nitrogens is 1. The molecule has 1 atom stereocenters. The topological polar surface area (TPSA) is 118 Å². The van der Waals surface area contributed by atoms with E-state index >= 15 is 0 Å². The summed E-state index contributed by atoms with van der Waals surface area (Å²) >= 11 is 0. The summed E-state index contributed by atoms with van der Waals surface area (Å²) in [6, 6.07) is 3.89. The van der Waals surface area contributed by atoms with Gasteiger partial charge in [0, 0.05) is 23.5 Å². The van der Waals surface area contributed by atoms with Gasteiger partial charge in [0.1, 0.15) is 16.7 Å². The molecule has 0 saturated carbocycles. The summed E-state index contributed by atoms with van der Waals surface area (Å²) in [7, 11) is -4.75. The van der Waals surface area contributed by atoms with E-state index < -0.39 is 62.6 Å². The van der Waals surface area contributed by atoms with E-state index in [1.54, 1.807) is 13.8 Å². The average molecular weight is 612 g/mol. The van der Waals surface area contributed by atoms with Gasteiger partial charge in [-0.15, -0.1) is 0 Å². The van der Waals surface area contributed by atoms with Gasteiger partial charge >= 0.3 is 18.4 Å².